The van der Waals surface area contributed by atoms with Crippen molar-refractivity contribution in [2.75, 3.05) is 18.5 Å². The fourth-order valence-corrected chi connectivity index (χ4v) is 1.08. The Morgan fingerprint density at radius 3 is 2.93 bits per heavy atom. The number of hydrogen-bond acceptors (Lipinski definition) is 5. The second kappa shape index (κ2) is 5.92. The third kappa shape index (κ3) is 3.51. The Bertz CT molecular complexity index is 330. The van der Waals surface area contributed by atoms with E-state index in [1.165, 1.54) is 12.3 Å². The molecule has 0 aliphatic heterocycles. The van der Waals surface area contributed by atoms with Gasteiger partial charge >= 0.3 is 5.97 Å². The Morgan fingerprint density at radius 1 is 1.47 bits per heavy atom. The molecule has 0 aliphatic rings. The summed E-state index contributed by atoms with van der Waals surface area (Å²) < 4.78 is 0. The molecule has 3 N–H and O–H groups in total. The summed E-state index contributed by atoms with van der Waals surface area (Å²) in [4.78, 5) is 10.8. The van der Waals surface area contributed by atoms with Crippen molar-refractivity contribution in [3.8, 4) is 0 Å². The molecule has 0 amide bonds. The molecule has 0 fully saturated rings. The molecule has 0 aliphatic carbocycles. The number of aromatic carboxylic acids is 1. The lowest BCUT2D eigenvalue weighted by Crippen LogP contribution is -2.10. The normalized spacial score (nSPS) is 9.93. The van der Waals surface area contributed by atoms with Crippen molar-refractivity contribution in [2.24, 2.45) is 0 Å². The van der Waals surface area contributed by atoms with Crippen molar-refractivity contribution in [2.45, 2.75) is 12.8 Å². The molecule has 1 aromatic rings. The molecule has 0 spiro atoms. The highest BCUT2D eigenvalue weighted by Gasteiger charge is 2.10. The van der Waals surface area contributed by atoms with Gasteiger partial charge in [0.1, 0.15) is 5.56 Å². The number of aromatic nitrogens is 2. The monoisotopic (exact) mass is 211 g/mol. The summed E-state index contributed by atoms with van der Waals surface area (Å²) in [6, 6.07) is 1.39. The lowest BCUT2D eigenvalue weighted by molar-refractivity contribution is 0.0697. The van der Waals surface area contributed by atoms with E-state index in [9.17, 15) is 4.79 Å². The van der Waals surface area contributed by atoms with E-state index in [1.54, 1.807) is 0 Å². The van der Waals surface area contributed by atoms with Crippen molar-refractivity contribution >= 4 is 11.8 Å². The van der Waals surface area contributed by atoms with E-state index in [0.717, 1.165) is 6.42 Å². The molecule has 0 unspecified atom stereocenters. The number of hydrogen-bond donors (Lipinski definition) is 3. The summed E-state index contributed by atoms with van der Waals surface area (Å²) in [6.07, 6.45) is 2.77. The number of rotatable bonds is 6. The number of aliphatic hydroxyl groups is 1. The molecule has 0 saturated heterocycles. The number of aliphatic hydroxyl groups excluding tert-OH is 1. The van der Waals surface area contributed by atoms with Crippen LogP contribution < -0.4 is 5.32 Å². The average Bonchev–Trinajstić information content (AvgIpc) is 2.25. The van der Waals surface area contributed by atoms with Gasteiger partial charge in [0.15, 0.2) is 5.82 Å². The zero-order valence-corrected chi connectivity index (χ0v) is 8.18. The van der Waals surface area contributed by atoms with Crippen LogP contribution in [-0.4, -0.2) is 39.5 Å². The van der Waals surface area contributed by atoms with Crippen LogP contribution in [0.3, 0.4) is 0 Å². The molecule has 0 radical (unpaired) electrons. The van der Waals surface area contributed by atoms with Crippen molar-refractivity contribution < 1.29 is 15.0 Å². The number of nitrogens with one attached hydrogen (secondary N) is 1. The zero-order chi connectivity index (χ0) is 11.1. The van der Waals surface area contributed by atoms with Crippen LogP contribution in [0.2, 0.25) is 0 Å². The largest absolute Gasteiger partial charge is 0.478 e. The van der Waals surface area contributed by atoms with Crippen LogP contribution in [0.5, 0.6) is 0 Å². The van der Waals surface area contributed by atoms with Gasteiger partial charge in [0, 0.05) is 13.2 Å². The standard InChI is InChI=1S/C9H13N3O3/c13-6-2-1-4-10-8-7(9(14)15)3-5-11-12-8/h3,5,13H,1-2,4,6H2,(H,10,12)(H,14,15). The maximum Gasteiger partial charge on any atom is 0.339 e. The number of carboxylic acid groups (broad SMARTS) is 1. The summed E-state index contributed by atoms with van der Waals surface area (Å²) >= 11 is 0. The van der Waals surface area contributed by atoms with Gasteiger partial charge in [-0.2, -0.15) is 5.10 Å². The lowest BCUT2D eigenvalue weighted by atomic mass is 10.2. The molecule has 1 aromatic heterocycles. The predicted octanol–water partition coefficient (Wildman–Crippen LogP) is 0.359. The van der Waals surface area contributed by atoms with E-state index in [-0.39, 0.29) is 18.0 Å². The number of anilines is 1. The van der Waals surface area contributed by atoms with Crippen LogP contribution in [0.15, 0.2) is 12.3 Å². The molecular formula is C9H13N3O3. The number of unbranched alkanes of at least 4 members (excludes halogenated alkanes) is 1. The molecule has 1 rings (SSSR count). The molecule has 6 heteroatoms. The third-order valence-electron chi connectivity index (χ3n) is 1.83. The Labute approximate surface area is 87.0 Å². The van der Waals surface area contributed by atoms with Gasteiger partial charge in [-0.3, -0.25) is 0 Å². The molecule has 0 atom stereocenters. The van der Waals surface area contributed by atoms with E-state index in [2.05, 4.69) is 15.5 Å². The Hall–Kier alpha value is -1.69. The predicted molar refractivity (Wildman–Crippen MR) is 53.8 cm³/mol. The summed E-state index contributed by atoms with van der Waals surface area (Å²) in [7, 11) is 0. The smallest absolute Gasteiger partial charge is 0.339 e. The van der Waals surface area contributed by atoms with E-state index in [1.807, 2.05) is 0 Å². The molecule has 0 aromatic carbocycles. The number of nitrogens with zero attached hydrogens (tertiary/aromatic N) is 2. The van der Waals surface area contributed by atoms with Gasteiger partial charge in [0.25, 0.3) is 0 Å². The Balaban J connectivity index is 2.56. The van der Waals surface area contributed by atoms with Gasteiger partial charge in [0.2, 0.25) is 0 Å². The van der Waals surface area contributed by atoms with Gasteiger partial charge < -0.3 is 15.5 Å². The SMILES string of the molecule is O=C(O)c1ccnnc1NCCCCO. The summed E-state index contributed by atoms with van der Waals surface area (Å²) in [5, 5.41) is 27.5. The van der Waals surface area contributed by atoms with E-state index in [0.29, 0.717) is 13.0 Å². The fraction of sp³-hybridized carbons (Fsp3) is 0.444. The molecule has 82 valence electrons. The van der Waals surface area contributed by atoms with Crippen LogP contribution in [0.25, 0.3) is 0 Å². The van der Waals surface area contributed by atoms with Gasteiger partial charge in [-0.25, -0.2) is 4.79 Å². The second-order valence-corrected chi connectivity index (χ2v) is 2.96. The maximum atomic E-state index is 10.8. The van der Waals surface area contributed by atoms with E-state index < -0.39 is 5.97 Å². The highest BCUT2D eigenvalue weighted by atomic mass is 16.4. The minimum absolute atomic E-state index is 0.106. The van der Waals surface area contributed by atoms with Gasteiger partial charge in [0.05, 0.1) is 6.20 Å². The first kappa shape index (κ1) is 11.4. The first-order valence-corrected chi connectivity index (χ1v) is 4.65. The van der Waals surface area contributed by atoms with Gasteiger partial charge in [-0.1, -0.05) is 0 Å². The Kier molecular flexibility index (Phi) is 4.49. The highest BCUT2D eigenvalue weighted by molar-refractivity contribution is 5.92. The second-order valence-electron chi connectivity index (χ2n) is 2.96. The first-order valence-electron chi connectivity index (χ1n) is 4.65. The van der Waals surface area contributed by atoms with Crippen molar-refractivity contribution in [1.29, 1.82) is 0 Å². The zero-order valence-electron chi connectivity index (χ0n) is 8.18. The maximum absolute atomic E-state index is 10.8. The van der Waals surface area contributed by atoms with Crippen LogP contribution in [0.4, 0.5) is 5.82 Å². The summed E-state index contributed by atoms with van der Waals surface area (Å²) in [5.41, 5.74) is 0.106. The molecule has 0 saturated carbocycles. The quantitative estimate of drug-likeness (QED) is 0.588. The third-order valence-corrected chi connectivity index (χ3v) is 1.83. The first-order chi connectivity index (χ1) is 7.25. The minimum Gasteiger partial charge on any atom is -0.478 e. The highest BCUT2D eigenvalue weighted by Crippen LogP contribution is 2.09. The molecular weight excluding hydrogens is 198 g/mol. The minimum atomic E-state index is -1.03. The van der Waals surface area contributed by atoms with Crippen LogP contribution in [0, 0.1) is 0 Å². The van der Waals surface area contributed by atoms with Crippen molar-refractivity contribution in [3.63, 3.8) is 0 Å². The molecule has 0 bridgehead atoms. The lowest BCUT2D eigenvalue weighted by Gasteiger charge is -2.06. The van der Waals surface area contributed by atoms with Gasteiger partial charge in [-0.05, 0) is 18.9 Å². The topological polar surface area (TPSA) is 95.3 Å². The van der Waals surface area contributed by atoms with Crippen LogP contribution in [0.1, 0.15) is 23.2 Å². The summed E-state index contributed by atoms with van der Waals surface area (Å²) in [5.74, 6) is -0.766. The fourth-order valence-electron chi connectivity index (χ4n) is 1.08. The average molecular weight is 211 g/mol. The molecule has 1 heterocycles. The summed E-state index contributed by atoms with van der Waals surface area (Å²) in [6.45, 7) is 0.702. The van der Waals surface area contributed by atoms with Gasteiger partial charge in [-0.15, -0.1) is 5.10 Å². The molecule has 6 nitrogen and oxygen atoms in total. The molecule has 15 heavy (non-hydrogen) atoms. The van der Waals surface area contributed by atoms with E-state index in [4.69, 9.17) is 10.2 Å². The van der Waals surface area contributed by atoms with Crippen LogP contribution >= 0.6 is 0 Å². The van der Waals surface area contributed by atoms with Crippen molar-refractivity contribution in [1.82, 2.24) is 10.2 Å². The van der Waals surface area contributed by atoms with E-state index >= 15 is 0 Å². The Morgan fingerprint density at radius 2 is 2.27 bits per heavy atom. The number of carboxylic acids is 1. The van der Waals surface area contributed by atoms with Crippen LogP contribution in [-0.2, 0) is 0 Å². The van der Waals surface area contributed by atoms with Crippen molar-refractivity contribution in [3.05, 3.63) is 17.8 Å². The number of carbonyl (C=O) groups is 1.